The van der Waals surface area contributed by atoms with Crippen LogP contribution in [0.4, 0.5) is 0 Å². The number of amides is 1. The van der Waals surface area contributed by atoms with E-state index >= 15 is 0 Å². The fraction of sp³-hybridized carbons (Fsp3) is 0.707. The van der Waals surface area contributed by atoms with Crippen LogP contribution in [-0.2, 0) is 27.9 Å². The van der Waals surface area contributed by atoms with E-state index in [0.29, 0.717) is 17.4 Å². The Bertz CT molecular complexity index is 1870. The number of rotatable bonds is 62. The molecular weight excluding hydrogens is 1070 g/mol. The van der Waals surface area contributed by atoms with Gasteiger partial charge in [0.05, 0.1) is 33.8 Å². The van der Waals surface area contributed by atoms with E-state index in [2.05, 4.69) is 135 Å². The number of ether oxygens (including phenoxy) is 1. The second-order valence-electron chi connectivity index (χ2n) is 24.3. The van der Waals surface area contributed by atoms with Crippen molar-refractivity contribution in [3.8, 4) is 0 Å². The first-order chi connectivity index (χ1) is 41.4. The molecule has 1 amide bonds. The Balaban J connectivity index is 5.20. The van der Waals surface area contributed by atoms with Crippen molar-refractivity contribution in [3.63, 3.8) is 0 Å². The average Bonchev–Trinajstić information content (AvgIpc) is 3.50. The minimum atomic E-state index is -4.47. The Morgan fingerprint density at radius 1 is 0.424 bits per heavy atom. The van der Waals surface area contributed by atoms with Crippen molar-refractivity contribution in [1.82, 2.24) is 5.32 Å². The van der Waals surface area contributed by atoms with Crippen LogP contribution < -0.4 is 5.32 Å². The summed E-state index contributed by atoms with van der Waals surface area (Å²) in [7, 11) is 1.47. The van der Waals surface area contributed by atoms with Gasteiger partial charge in [0.2, 0.25) is 5.91 Å². The highest BCUT2D eigenvalue weighted by Crippen LogP contribution is 2.43. The number of unbranched alkanes of at least 4 members (excludes halogenated alkanes) is 28. The van der Waals surface area contributed by atoms with Gasteiger partial charge >= 0.3 is 13.8 Å². The quantitative estimate of drug-likeness (QED) is 0.0205. The summed E-state index contributed by atoms with van der Waals surface area (Å²) in [6.45, 7) is 6.86. The third kappa shape index (κ3) is 64.7. The van der Waals surface area contributed by atoms with Crippen molar-refractivity contribution in [1.29, 1.82) is 0 Å². The molecule has 0 spiro atoms. The number of phosphoric acid groups is 1. The zero-order chi connectivity index (χ0) is 62.1. The molecule has 10 heteroatoms. The lowest BCUT2D eigenvalue weighted by Crippen LogP contribution is -2.47. The monoisotopic (exact) mass is 1200 g/mol. The van der Waals surface area contributed by atoms with E-state index in [1.54, 1.807) is 0 Å². The Morgan fingerprint density at radius 2 is 0.753 bits per heavy atom. The van der Waals surface area contributed by atoms with E-state index in [-0.39, 0.29) is 31.5 Å². The summed E-state index contributed by atoms with van der Waals surface area (Å²) in [5.41, 5.74) is 0. The molecule has 9 nitrogen and oxygen atoms in total. The van der Waals surface area contributed by atoms with Gasteiger partial charge in [-0.3, -0.25) is 18.6 Å². The minimum Gasteiger partial charge on any atom is -0.456 e. The first kappa shape index (κ1) is 81.4. The van der Waals surface area contributed by atoms with Crippen molar-refractivity contribution in [2.75, 3.05) is 40.9 Å². The van der Waals surface area contributed by atoms with Gasteiger partial charge < -0.3 is 19.4 Å². The molecule has 85 heavy (non-hydrogen) atoms. The van der Waals surface area contributed by atoms with Crippen molar-refractivity contribution in [2.24, 2.45) is 0 Å². The fourth-order valence-electron chi connectivity index (χ4n) is 9.54. The first-order valence-corrected chi connectivity index (χ1v) is 36.4. The molecule has 0 aromatic carbocycles. The Labute approximate surface area is 524 Å². The zero-order valence-electron chi connectivity index (χ0n) is 55.8. The molecule has 0 radical (unpaired) electrons. The standard InChI is InChI=1S/C75H131N2O7P/c1-7-10-13-16-19-22-25-28-30-32-34-36-37-38-39-41-43-45-47-50-53-56-59-62-65-68-75(79)84-73(66-63-60-57-54-51-48-27-24-21-18-15-12-9-3)72(71-83-85(80,81)82-70-69-77(4,5)6)76-74(78)67-64-61-58-55-52-49-46-44-42-40-35-33-31-29-26-23-20-17-14-11-8-2/h11,14,19-20,22-23,28-31,34-36,38-40,44,46,63,66,72-73H,7-10,12-13,15-18,21,24-27,32-33,37,41-43,45,47-62,64-65,67-71H2,1-6H3,(H-,76,78,80,81)/p+1/b14-11-,22-19-,23-20-,30-28-,31-29-,36-34-,39-38-,40-35-,46-44-,66-63+. The summed E-state index contributed by atoms with van der Waals surface area (Å²) in [6.07, 6.45) is 89.1. The molecule has 0 aliphatic heterocycles. The molecule has 488 valence electrons. The van der Waals surface area contributed by atoms with E-state index in [1.165, 1.54) is 116 Å². The molecule has 0 saturated heterocycles. The number of carbonyl (C=O) groups is 2. The van der Waals surface area contributed by atoms with Crippen LogP contribution in [-0.4, -0.2) is 74.3 Å². The molecule has 3 atom stereocenters. The van der Waals surface area contributed by atoms with Gasteiger partial charge in [-0.05, 0) is 122 Å². The van der Waals surface area contributed by atoms with Crippen molar-refractivity contribution < 1.29 is 37.3 Å². The van der Waals surface area contributed by atoms with Crippen LogP contribution in [0.15, 0.2) is 122 Å². The smallest absolute Gasteiger partial charge is 0.456 e. The maximum atomic E-state index is 13.6. The highest BCUT2D eigenvalue weighted by atomic mass is 31.2. The van der Waals surface area contributed by atoms with Crippen molar-refractivity contribution >= 4 is 19.7 Å². The molecule has 0 rings (SSSR count). The first-order valence-electron chi connectivity index (χ1n) is 34.9. The Kier molecular flexibility index (Phi) is 60.8. The molecule has 3 unspecified atom stereocenters. The third-order valence-electron chi connectivity index (χ3n) is 14.9. The molecule has 0 bridgehead atoms. The number of hydrogen-bond donors (Lipinski definition) is 2. The SMILES string of the molecule is CC/C=C\C/C=C\C/C=C\C/C=C\C/C=C\CCCCCCCC(=O)NC(COP(=O)(O)OCC[N+](C)(C)C)C(/C=C/CCCCCCCCCCCCC)OC(=O)CCCCCCCCCCC/C=C\C/C=C\C/C=C\C/C=C\CCCCC. The van der Waals surface area contributed by atoms with E-state index in [9.17, 15) is 19.0 Å². The normalized spacial score (nSPS) is 14.3. The third-order valence-corrected chi connectivity index (χ3v) is 15.9. The number of esters is 1. The van der Waals surface area contributed by atoms with E-state index < -0.39 is 20.0 Å². The average molecular weight is 1200 g/mol. The largest absolute Gasteiger partial charge is 0.472 e. The summed E-state index contributed by atoms with van der Waals surface area (Å²) in [5.74, 6) is -0.536. The highest BCUT2D eigenvalue weighted by Gasteiger charge is 2.30. The lowest BCUT2D eigenvalue weighted by atomic mass is 10.0. The van der Waals surface area contributed by atoms with Gasteiger partial charge in [0.1, 0.15) is 19.3 Å². The van der Waals surface area contributed by atoms with E-state index in [0.717, 1.165) is 141 Å². The van der Waals surface area contributed by atoms with Crippen LogP contribution in [0.1, 0.15) is 290 Å². The van der Waals surface area contributed by atoms with Gasteiger partial charge in [-0.1, -0.05) is 277 Å². The lowest BCUT2D eigenvalue weighted by Gasteiger charge is -2.27. The van der Waals surface area contributed by atoms with Crippen LogP contribution in [0, 0.1) is 0 Å². The van der Waals surface area contributed by atoms with E-state index in [4.69, 9.17) is 13.8 Å². The summed E-state index contributed by atoms with van der Waals surface area (Å²) < 4.78 is 30.8. The van der Waals surface area contributed by atoms with Gasteiger partial charge in [0.15, 0.2) is 0 Å². The number of phosphoric ester groups is 1. The number of nitrogens with zero attached hydrogens (tertiary/aromatic N) is 1. The molecule has 0 saturated carbocycles. The molecule has 0 aliphatic carbocycles. The van der Waals surface area contributed by atoms with Gasteiger partial charge in [-0.2, -0.15) is 0 Å². The summed E-state index contributed by atoms with van der Waals surface area (Å²) in [6, 6.07) is -0.871. The molecule has 0 aromatic heterocycles. The number of allylic oxidation sites excluding steroid dienone is 19. The van der Waals surface area contributed by atoms with Crippen LogP contribution in [0.3, 0.4) is 0 Å². The molecule has 0 fully saturated rings. The van der Waals surface area contributed by atoms with Gasteiger partial charge in [0.25, 0.3) is 0 Å². The minimum absolute atomic E-state index is 0.0290. The number of likely N-dealkylation sites (N-methyl/N-ethyl adjacent to an activating group) is 1. The second kappa shape index (κ2) is 63.4. The molecule has 2 N–H and O–H groups in total. The highest BCUT2D eigenvalue weighted by molar-refractivity contribution is 7.47. The Morgan fingerprint density at radius 3 is 1.15 bits per heavy atom. The van der Waals surface area contributed by atoms with Gasteiger partial charge in [0, 0.05) is 12.8 Å². The van der Waals surface area contributed by atoms with E-state index in [1.807, 2.05) is 33.3 Å². The van der Waals surface area contributed by atoms with Crippen molar-refractivity contribution in [2.45, 2.75) is 303 Å². The van der Waals surface area contributed by atoms with Crippen LogP contribution in [0.5, 0.6) is 0 Å². The van der Waals surface area contributed by atoms with Crippen LogP contribution in [0.25, 0.3) is 0 Å². The fourth-order valence-corrected chi connectivity index (χ4v) is 10.3. The van der Waals surface area contributed by atoms with Crippen LogP contribution in [0.2, 0.25) is 0 Å². The Hall–Kier alpha value is -3.59. The summed E-state index contributed by atoms with van der Waals surface area (Å²) in [4.78, 5) is 37.9. The second-order valence-corrected chi connectivity index (χ2v) is 25.8. The topological polar surface area (TPSA) is 111 Å². The number of carbonyl (C=O) groups excluding carboxylic acids is 2. The summed E-state index contributed by atoms with van der Waals surface area (Å²) in [5, 5.41) is 3.06. The number of nitrogens with one attached hydrogen (secondary N) is 1. The van der Waals surface area contributed by atoms with Crippen molar-refractivity contribution in [3.05, 3.63) is 122 Å². The van der Waals surface area contributed by atoms with Crippen LogP contribution >= 0.6 is 7.82 Å². The van der Waals surface area contributed by atoms with Gasteiger partial charge in [-0.15, -0.1) is 0 Å². The predicted octanol–water partition coefficient (Wildman–Crippen LogP) is 22.2. The zero-order valence-corrected chi connectivity index (χ0v) is 56.7. The molecular formula is C75H132N2O7P+. The molecule has 0 aromatic rings. The number of quaternary nitrogens is 1. The maximum absolute atomic E-state index is 13.6. The lowest BCUT2D eigenvalue weighted by molar-refractivity contribution is -0.870. The molecule has 0 aliphatic rings. The summed E-state index contributed by atoms with van der Waals surface area (Å²) >= 11 is 0. The predicted molar refractivity (Wildman–Crippen MR) is 369 cm³/mol. The maximum Gasteiger partial charge on any atom is 0.472 e. The van der Waals surface area contributed by atoms with Gasteiger partial charge in [-0.25, -0.2) is 4.57 Å². The number of hydrogen-bond acceptors (Lipinski definition) is 6. The molecule has 0 heterocycles.